The number of aryl methyl sites for hydroxylation is 2. The highest BCUT2D eigenvalue weighted by Gasteiger charge is 2.39. The van der Waals surface area contributed by atoms with Crippen LogP contribution in [-0.2, 0) is 4.84 Å². The molecule has 0 saturated heterocycles. The lowest BCUT2D eigenvalue weighted by atomic mass is 10.1. The maximum absolute atomic E-state index is 12.4. The van der Waals surface area contributed by atoms with E-state index in [9.17, 15) is 19.2 Å². The number of amides is 2. The Morgan fingerprint density at radius 2 is 1.54 bits per heavy atom. The summed E-state index contributed by atoms with van der Waals surface area (Å²) >= 11 is 0. The second-order valence-corrected chi connectivity index (χ2v) is 6.12. The Balaban J connectivity index is 1.61. The number of benzene rings is 1. The van der Waals surface area contributed by atoms with Crippen LogP contribution in [0.5, 0.6) is 0 Å². The highest BCUT2D eigenvalue weighted by atomic mass is 16.7. The van der Waals surface area contributed by atoms with Crippen molar-refractivity contribution >= 4 is 17.8 Å². The normalized spacial score (nSPS) is 13.0. The SMILES string of the molecule is Cc1cc(C)nc(-n2[nH]c(C(=O)ON3C(=O)c4ccccc4C3=O)cc2=O)n1. The Kier molecular flexibility index (Phi) is 3.88. The predicted molar refractivity (Wildman–Crippen MR) is 93.8 cm³/mol. The average Bonchev–Trinajstić information content (AvgIpc) is 3.15. The standard InChI is InChI=1S/C18H13N5O5/c1-9-7-10(2)20-18(19-9)22-14(24)8-13(21-22)17(27)28-23-15(25)11-5-3-4-6-12(11)16(23)26/h3-8,21H,1-2H3. The molecular formula is C18H13N5O5. The number of H-pyrrole nitrogens is 1. The van der Waals surface area contributed by atoms with Crippen molar-refractivity contribution in [3.63, 3.8) is 0 Å². The van der Waals surface area contributed by atoms with E-state index in [-0.39, 0.29) is 22.8 Å². The highest BCUT2D eigenvalue weighted by Crippen LogP contribution is 2.23. The molecule has 10 heteroatoms. The Morgan fingerprint density at radius 1 is 0.964 bits per heavy atom. The number of nitrogens with one attached hydrogen (secondary N) is 1. The molecule has 2 amide bonds. The van der Waals surface area contributed by atoms with Crippen molar-refractivity contribution in [3.05, 3.63) is 75.0 Å². The molecule has 10 nitrogen and oxygen atoms in total. The van der Waals surface area contributed by atoms with Gasteiger partial charge in [-0.15, -0.1) is 0 Å². The molecule has 0 spiro atoms. The number of hydrogen-bond donors (Lipinski definition) is 1. The number of imide groups is 1. The number of aromatic nitrogens is 4. The molecular weight excluding hydrogens is 366 g/mol. The van der Waals surface area contributed by atoms with Gasteiger partial charge in [-0.2, -0.15) is 4.68 Å². The van der Waals surface area contributed by atoms with Gasteiger partial charge in [-0.05, 0) is 32.0 Å². The van der Waals surface area contributed by atoms with E-state index in [0.717, 1.165) is 10.7 Å². The second kappa shape index (κ2) is 6.27. The lowest BCUT2D eigenvalue weighted by molar-refractivity contribution is -0.0588. The van der Waals surface area contributed by atoms with Crippen molar-refractivity contribution in [1.82, 2.24) is 24.8 Å². The lowest BCUT2D eigenvalue weighted by Crippen LogP contribution is -2.32. The van der Waals surface area contributed by atoms with Gasteiger partial charge in [0.2, 0.25) is 0 Å². The van der Waals surface area contributed by atoms with Crippen LogP contribution in [-0.4, -0.2) is 42.6 Å². The van der Waals surface area contributed by atoms with E-state index in [1.165, 1.54) is 12.1 Å². The molecule has 3 heterocycles. The summed E-state index contributed by atoms with van der Waals surface area (Å²) in [5.74, 6) is -2.53. The van der Waals surface area contributed by atoms with E-state index in [2.05, 4.69) is 15.1 Å². The number of rotatable bonds is 3. The minimum Gasteiger partial charge on any atom is -0.323 e. The average molecular weight is 379 g/mol. The first-order chi connectivity index (χ1) is 13.3. The van der Waals surface area contributed by atoms with Crippen molar-refractivity contribution in [2.24, 2.45) is 0 Å². The number of aromatic amines is 1. The molecule has 3 aromatic rings. The van der Waals surface area contributed by atoms with Gasteiger partial charge in [0.1, 0.15) is 5.69 Å². The van der Waals surface area contributed by atoms with Gasteiger partial charge in [0, 0.05) is 17.5 Å². The first-order valence-corrected chi connectivity index (χ1v) is 8.20. The second-order valence-electron chi connectivity index (χ2n) is 6.12. The Hall–Kier alpha value is -4.08. The summed E-state index contributed by atoms with van der Waals surface area (Å²) in [6.45, 7) is 3.48. The van der Waals surface area contributed by atoms with Crippen molar-refractivity contribution in [3.8, 4) is 5.95 Å². The zero-order valence-electron chi connectivity index (χ0n) is 14.8. The number of carbonyl (C=O) groups excluding carboxylic acids is 3. The summed E-state index contributed by atoms with van der Waals surface area (Å²) in [5, 5.41) is 2.90. The first-order valence-electron chi connectivity index (χ1n) is 8.20. The highest BCUT2D eigenvalue weighted by molar-refractivity contribution is 6.21. The number of carbonyl (C=O) groups is 3. The van der Waals surface area contributed by atoms with Gasteiger partial charge in [0.05, 0.1) is 11.1 Å². The summed E-state index contributed by atoms with van der Waals surface area (Å²) in [6, 6.07) is 8.81. The van der Waals surface area contributed by atoms with Gasteiger partial charge < -0.3 is 4.84 Å². The van der Waals surface area contributed by atoms with E-state index in [4.69, 9.17) is 4.84 Å². The van der Waals surface area contributed by atoms with E-state index < -0.39 is 23.3 Å². The summed E-state index contributed by atoms with van der Waals surface area (Å²) in [6.07, 6.45) is 0. The third-order valence-corrected chi connectivity index (χ3v) is 4.04. The largest absolute Gasteiger partial charge is 0.381 e. The lowest BCUT2D eigenvalue weighted by Gasteiger charge is -2.11. The summed E-state index contributed by atoms with van der Waals surface area (Å²) in [5.41, 5.74) is 0.687. The van der Waals surface area contributed by atoms with E-state index in [1.807, 2.05) is 0 Å². The van der Waals surface area contributed by atoms with Gasteiger partial charge in [0.25, 0.3) is 23.3 Å². The van der Waals surface area contributed by atoms with Gasteiger partial charge in [0.15, 0.2) is 0 Å². The number of hydrogen-bond acceptors (Lipinski definition) is 7. The third kappa shape index (κ3) is 2.76. The van der Waals surface area contributed by atoms with E-state index >= 15 is 0 Å². The molecule has 1 aromatic carbocycles. The molecule has 1 aliphatic heterocycles. The maximum atomic E-state index is 12.4. The quantitative estimate of drug-likeness (QED) is 0.671. The van der Waals surface area contributed by atoms with Crippen LogP contribution in [0.3, 0.4) is 0 Å². The van der Waals surface area contributed by atoms with Crippen LogP contribution in [0.2, 0.25) is 0 Å². The molecule has 1 N–H and O–H groups in total. The molecule has 0 atom stereocenters. The summed E-state index contributed by atoms with van der Waals surface area (Å²) < 4.78 is 0.971. The van der Waals surface area contributed by atoms with Crippen LogP contribution >= 0.6 is 0 Å². The van der Waals surface area contributed by atoms with Crippen LogP contribution in [0, 0.1) is 13.8 Å². The molecule has 0 radical (unpaired) electrons. The van der Waals surface area contributed by atoms with Gasteiger partial charge >= 0.3 is 5.97 Å². The number of nitrogens with zero attached hydrogens (tertiary/aromatic N) is 4. The summed E-state index contributed by atoms with van der Waals surface area (Å²) in [4.78, 5) is 62.3. The zero-order valence-corrected chi connectivity index (χ0v) is 14.8. The topological polar surface area (TPSA) is 127 Å². The number of fused-ring (bicyclic) bond motifs is 1. The smallest absolute Gasteiger partial charge is 0.323 e. The fourth-order valence-corrected chi connectivity index (χ4v) is 2.84. The molecule has 0 aliphatic carbocycles. The van der Waals surface area contributed by atoms with Crippen LogP contribution < -0.4 is 5.56 Å². The van der Waals surface area contributed by atoms with Crippen LogP contribution in [0.15, 0.2) is 41.2 Å². The van der Waals surface area contributed by atoms with Crippen molar-refractivity contribution in [2.75, 3.05) is 0 Å². The molecule has 0 saturated carbocycles. The molecule has 4 rings (SSSR count). The van der Waals surface area contributed by atoms with Crippen molar-refractivity contribution < 1.29 is 19.2 Å². The fraction of sp³-hybridized carbons (Fsp3) is 0.111. The molecule has 28 heavy (non-hydrogen) atoms. The van der Waals surface area contributed by atoms with Crippen molar-refractivity contribution in [2.45, 2.75) is 13.8 Å². The fourth-order valence-electron chi connectivity index (χ4n) is 2.84. The Morgan fingerprint density at radius 3 is 2.11 bits per heavy atom. The van der Waals surface area contributed by atoms with Crippen LogP contribution in [0.25, 0.3) is 5.95 Å². The third-order valence-electron chi connectivity index (χ3n) is 4.04. The molecule has 0 fully saturated rings. The predicted octanol–water partition coefficient (Wildman–Crippen LogP) is 0.940. The Bertz CT molecular complexity index is 1150. The minimum absolute atomic E-state index is 0.0577. The monoisotopic (exact) mass is 379 g/mol. The molecule has 2 aromatic heterocycles. The first kappa shape index (κ1) is 17.3. The van der Waals surface area contributed by atoms with E-state index in [0.29, 0.717) is 16.5 Å². The molecule has 0 unspecified atom stereocenters. The Labute approximate surface area is 157 Å². The molecule has 140 valence electrons. The van der Waals surface area contributed by atoms with Gasteiger partial charge in [-0.25, -0.2) is 14.8 Å². The zero-order chi connectivity index (χ0) is 20.0. The van der Waals surface area contributed by atoms with E-state index in [1.54, 1.807) is 32.0 Å². The van der Waals surface area contributed by atoms with Crippen molar-refractivity contribution in [1.29, 1.82) is 0 Å². The maximum Gasteiger partial charge on any atom is 0.381 e. The minimum atomic E-state index is -1.07. The van der Waals surface area contributed by atoms with Gasteiger partial charge in [-0.3, -0.25) is 19.5 Å². The van der Waals surface area contributed by atoms with Crippen LogP contribution in [0.1, 0.15) is 42.6 Å². The summed E-state index contributed by atoms with van der Waals surface area (Å²) in [7, 11) is 0. The number of hydroxylamine groups is 2. The molecule has 1 aliphatic rings. The van der Waals surface area contributed by atoms with Crippen LogP contribution in [0.4, 0.5) is 0 Å². The molecule has 0 bridgehead atoms. The van der Waals surface area contributed by atoms with Gasteiger partial charge in [-0.1, -0.05) is 17.2 Å².